The van der Waals surface area contributed by atoms with Crippen LogP contribution in [0.2, 0.25) is 10.0 Å². The molecule has 0 aliphatic heterocycles. The molecule has 0 atom stereocenters. The van der Waals surface area contributed by atoms with Crippen molar-refractivity contribution in [2.45, 2.75) is 44.7 Å². The van der Waals surface area contributed by atoms with Crippen molar-refractivity contribution in [1.29, 1.82) is 5.26 Å². The normalized spacial score (nSPS) is 14.0. The minimum Gasteiger partial charge on any atom is -0.493 e. The number of halogens is 2. The summed E-state index contributed by atoms with van der Waals surface area (Å²) < 4.78 is 15.6. The quantitative estimate of drug-likeness (QED) is 0.214. The summed E-state index contributed by atoms with van der Waals surface area (Å²) in [5, 5.41) is 13.5. The largest absolute Gasteiger partial charge is 0.493 e. The molecule has 1 N–H and O–H groups in total. The van der Waals surface area contributed by atoms with Crippen LogP contribution in [-0.4, -0.2) is 37.7 Å². The van der Waals surface area contributed by atoms with E-state index in [1.165, 1.54) is 36.4 Å². The highest BCUT2D eigenvalue weighted by molar-refractivity contribution is 6.35. The van der Waals surface area contributed by atoms with Crippen LogP contribution < -0.4 is 26.0 Å². The zero-order chi connectivity index (χ0) is 31.5. The Hall–Kier alpha value is -4.53. The van der Waals surface area contributed by atoms with Gasteiger partial charge in [0.15, 0.2) is 22.7 Å². The molecular weight excluding hydrogens is 607 g/mol. The van der Waals surface area contributed by atoms with Gasteiger partial charge < -0.3 is 14.8 Å². The van der Waals surface area contributed by atoms with Crippen LogP contribution in [0.25, 0.3) is 17.2 Å². The molecule has 2 aromatic carbocycles. The summed E-state index contributed by atoms with van der Waals surface area (Å²) in [4.78, 5) is 43.3. The number of hydrogen-bond acceptors (Lipinski definition) is 7. The summed E-state index contributed by atoms with van der Waals surface area (Å²) in [6.45, 7) is 0.0834. The number of aromatic nitrogens is 4. The molecule has 44 heavy (non-hydrogen) atoms. The third-order valence-corrected chi connectivity index (χ3v) is 8.25. The number of amides is 1. The van der Waals surface area contributed by atoms with Crippen molar-refractivity contribution in [1.82, 2.24) is 24.0 Å². The minimum atomic E-state index is -0.557. The van der Waals surface area contributed by atoms with E-state index in [1.807, 2.05) is 6.07 Å². The average Bonchev–Trinajstić information content (AvgIpc) is 3.37. The van der Waals surface area contributed by atoms with Gasteiger partial charge in [-0.05, 0) is 54.3 Å². The van der Waals surface area contributed by atoms with Gasteiger partial charge in [-0.15, -0.1) is 0 Å². The summed E-state index contributed by atoms with van der Waals surface area (Å²) in [7, 11) is 4.35. The van der Waals surface area contributed by atoms with Gasteiger partial charge in [-0.1, -0.05) is 54.6 Å². The molecule has 11 nitrogen and oxygen atoms in total. The number of ether oxygens (including phenoxy) is 2. The van der Waals surface area contributed by atoms with Crippen LogP contribution in [0.3, 0.4) is 0 Å². The highest BCUT2D eigenvalue weighted by atomic mass is 35.5. The third kappa shape index (κ3) is 6.23. The van der Waals surface area contributed by atoms with Crippen LogP contribution in [0.5, 0.6) is 17.5 Å². The number of hydrogen-bond donors (Lipinski definition) is 1. The molecule has 228 valence electrons. The highest BCUT2D eigenvalue weighted by Crippen LogP contribution is 2.34. The lowest BCUT2D eigenvalue weighted by molar-refractivity contribution is -0.117. The molecule has 1 aliphatic carbocycles. The fraction of sp³-hybridized carbons (Fsp3) is 0.323. The molecule has 2 heterocycles. The Bertz CT molecular complexity index is 1950. The second kappa shape index (κ2) is 13.0. The summed E-state index contributed by atoms with van der Waals surface area (Å²) in [6, 6.07) is 12.0. The standard InChI is InChI=1S/C31H30Cl2N6O5/c1-37-27-26(29(41)38(2)31(37)42)39(17-19-10-11-21(32)15-23(19)33)30(36-27)44-24-12-9-18(14-25(24)43-3)13-20(16-34)28(40)35-22-7-5-4-6-8-22/h9-15,22H,4-8,17H2,1-3H3,(H,35,40)/b20-13-. The Labute approximate surface area is 262 Å². The number of rotatable bonds is 8. The first kappa shape index (κ1) is 30.9. The number of nitrogens with zero attached hydrogens (tertiary/aromatic N) is 5. The maximum atomic E-state index is 13.3. The SMILES string of the molecule is COc1cc(/C=C(/C#N)C(=O)NC2CCCCC2)ccc1Oc1nc2c(c(=O)n(C)c(=O)n2C)n1Cc1ccc(Cl)cc1Cl. The number of fused-ring (bicyclic) bond motifs is 1. The number of carbonyl (C=O) groups is 1. The molecule has 13 heteroatoms. The Morgan fingerprint density at radius 2 is 1.84 bits per heavy atom. The van der Waals surface area contributed by atoms with Crippen molar-refractivity contribution >= 4 is 46.3 Å². The summed E-state index contributed by atoms with van der Waals surface area (Å²) in [5.74, 6) is 0.115. The van der Waals surface area contributed by atoms with Crippen molar-refractivity contribution in [3.63, 3.8) is 0 Å². The first-order chi connectivity index (χ1) is 21.1. The first-order valence-corrected chi connectivity index (χ1v) is 14.8. The van der Waals surface area contributed by atoms with Gasteiger partial charge in [-0.3, -0.25) is 23.3 Å². The highest BCUT2D eigenvalue weighted by Gasteiger charge is 2.23. The maximum Gasteiger partial charge on any atom is 0.332 e. The van der Waals surface area contributed by atoms with E-state index in [-0.39, 0.29) is 46.8 Å². The van der Waals surface area contributed by atoms with E-state index in [1.54, 1.807) is 36.4 Å². The molecule has 5 rings (SSSR count). The summed E-state index contributed by atoms with van der Waals surface area (Å²) in [5.41, 5.74) is 0.318. The molecule has 1 amide bonds. The molecule has 0 unspecified atom stereocenters. The zero-order valence-electron chi connectivity index (χ0n) is 24.4. The van der Waals surface area contributed by atoms with Gasteiger partial charge in [-0.2, -0.15) is 10.2 Å². The number of aryl methyl sites for hydroxylation is 1. The topological polar surface area (TPSA) is 133 Å². The van der Waals surface area contributed by atoms with Crippen LogP contribution in [0.1, 0.15) is 43.2 Å². The zero-order valence-corrected chi connectivity index (χ0v) is 25.9. The smallest absolute Gasteiger partial charge is 0.332 e. The van der Waals surface area contributed by atoms with E-state index >= 15 is 0 Å². The lowest BCUT2D eigenvalue weighted by atomic mass is 9.95. The number of benzene rings is 2. The van der Waals surface area contributed by atoms with E-state index in [2.05, 4.69) is 10.3 Å². The molecule has 0 spiro atoms. The van der Waals surface area contributed by atoms with Gasteiger partial charge in [0.2, 0.25) is 0 Å². The monoisotopic (exact) mass is 636 g/mol. The Kier molecular flexibility index (Phi) is 9.13. The number of carbonyl (C=O) groups excluding carboxylic acids is 1. The van der Waals surface area contributed by atoms with E-state index in [4.69, 9.17) is 32.7 Å². The lowest BCUT2D eigenvalue weighted by Gasteiger charge is -2.22. The van der Waals surface area contributed by atoms with Gasteiger partial charge in [0.25, 0.3) is 11.5 Å². The van der Waals surface area contributed by atoms with Crippen molar-refractivity contribution in [2.75, 3.05) is 7.11 Å². The molecule has 0 bridgehead atoms. The predicted octanol–water partition coefficient (Wildman–Crippen LogP) is 4.95. The van der Waals surface area contributed by atoms with Gasteiger partial charge in [0, 0.05) is 30.2 Å². The minimum absolute atomic E-state index is 0.00971. The molecule has 2 aromatic heterocycles. The van der Waals surface area contributed by atoms with Crippen LogP contribution >= 0.6 is 23.2 Å². The van der Waals surface area contributed by atoms with Crippen molar-refractivity contribution < 1.29 is 14.3 Å². The number of methoxy groups -OCH3 is 1. The van der Waals surface area contributed by atoms with Crippen LogP contribution in [0, 0.1) is 11.3 Å². The fourth-order valence-electron chi connectivity index (χ4n) is 5.25. The van der Waals surface area contributed by atoms with Crippen LogP contribution in [0.15, 0.2) is 51.6 Å². The van der Waals surface area contributed by atoms with Gasteiger partial charge in [0.05, 0.1) is 13.7 Å². The second-order valence-corrected chi connectivity index (χ2v) is 11.4. The van der Waals surface area contributed by atoms with Gasteiger partial charge in [-0.25, -0.2) is 4.79 Å². The Balaban J connectivity index is 1.53. The number of nitrogens with one attached hydrogen (secondary N) is 1. The molecule has 0 saturated heterocycles. The van der Waals surface area contributed by atoms with E-state index in [0.717, 1.165) is 36.7 Å². The molecule has 1 fully saturated rings. The molecule has 1 aliphatic rings. The number of imidazole rings is 1. The predicted molar refractivity (Wildman–Crippen MR) is 167 cm³/mol. The summed E-state index contributed by atoms with van der Waals surface area (Å²) >= 11 is 12.5. The third-order valence-electron chi connectivity index (χ3n) is 7.66. The van der Waals surface area contributed by atoms with Crippen LogP contribution in [-0.2, 0) is 25.4 Å². The second-order valence-electron chi connectivity index (χ2n) is 10.6. The van der Waals surface area contributed by atoms with Gasteiger partial charge >= 0.3 is 11.7 Å². The number of nitriles is 1. The fourth-order valence-corrected chi connectivity index (χ4v) is 5.72. The van der Waals surface area contributed by atoms with E-state index in [0.29, 0.717) is 21.2 Å². The lowest BCUT2D eigenvalue weighted by Crippen LogP contribution is -2.37. The van der Waals surface area contributed by atoms with Gasteiger partial charge in [0.1, 0.15) is 11.6 Å². The average molecular weight is 638 g/mol. The summed E-state index contributed by atoms with van der Waals surface area (Å²) in [6.07, 6.45) is 6.56. The van der Waals surface area contributed by atoms with Crippen LogP contribution in [0.4, 0.5) is 0 Å². The molecule has 1 saturated carbocycles. The molecule has 0 radical (unpaired) electrons. The maximum absolute atomic E-state index is 13.3. The molecule has 4 aromatic rings. The van der Waals surface area contributed by atoms with E-state index in [9.17, 15) is 19.6 Å². The van der Waals surface area contributed by atoms with Crippen molar-refractivity contribution in [2.24, 2.45) is 14.1 Å². The first-order valence-electron chi connectivity index (χ1n) is 14.0. The Morgan fingerprint density at radius 3 is 2.52 bits per heavy atom. The Morgan fingerprint density at radius 1 is 1.09 bits per heavy atom. The molecular formula is C31H30Cl2N6O5. The van der Waals surface area contributed by atoms with Crippen molar-refractivity contribution in [3.05, 3.63) is 84.0 Å². The van der Waals surface area contributed by atoms with E-state index < -0.39 is 17.2 Å². The van der Waals surface area contributed by atoms with Crippen molar-refractivity contribution in [3.8, 4) is 23.6 Å².